The lowest BCUT2D eigenvalue weighted by atomic mass is 9.87. The Labute approximate surface area is 190 Å². The zero-order valence-corrected chi connectivity index (χ0v) is 18.6. The van der Waals surface area contributed by atoms with E-state index in [1.165, 1.54) is 5.56 Å². The van der Waals surface area contributed by atoms with Crippen molar-refractivity contribution in [3.8, 4) is 0 Å². The molecule has 5 nitrogen and oxygen atoms in total. The molecule has 2 heterocycles. The normalized spacial score (nSPS) is 17.9. The number of benzene rings is 2. The summed E-state index contributed by atoms with van der Waals surface area (Å²) in [4.78, 5) is 42.1. The zero-order valence-electron chi connectivity index (χ0n) is 18.6. The van der Waals surface area contributed by atoms with Gasteiger partial charge in [0.1, 0.15) is 0 Å². The minimum absolute atomic E-state index is 0.00505. The molecule has 0 spiro atoms. The fraction of sp³-hybridized carbons (Fsp3) is 0.444. The van der Waals surface area contributed by atoms with E-state index in [0.717, 1.165) is 37.7 Å². The summed E-state index contributed by atoms with van der Waals surface area (Å²) in [5, 5.41) is 0. The third kappa shape index (κ3) is 5.45. The number of piperidine rings is 2. The van der Waals surface area contributed by atoms with E-state index in [9.17, 15) is 14.4 Å². The molecule has 2 fully saturated rings. The highest BCUT2D eigenvalue weighted by Crippen LogP contribution is 2.26. The summed E-state index contributed by atoms with van der Waals surface area (Å²) in [6.07, 6.45) is 4.21. The van der Waals surface area contributed by atoms with Crippen LogP contribution in [-0.4, -0.2) is 53.6 Å². The van der Waals surface area contributed by atoms with E-state index in [-0.39, 0.29) is 29.4 Å². The molecule has 0 unspecified atom stereocenters. The molecule has 32 heavy (non-hydrogen) atoms. The Morgan fingerprint density at radius 1 is 0.688 bits per heavy atom. The quantitative estimate of drug-likeness (QED) is 0.649. The molecule has 0 bridgehead atoms. The molecule has 2 aromatic rings. The van der Waals surface area contributed by atoms with Gasteiger partial charge < -0.3 is 9.80 Å². The van der Waals surface area contributed by atoms with Crippen LogP contribution in [0.5, 0.6) is 0 Å². The van der Waals surface area contributed by atoms with Crippen molar-refractivity contribution in [2.45, 2.75) is 38.5 Å². The van der Waals surface area contributed by atoms with E-state index in [1.807, 2.05) is 58.3 Å². The highest BCUT2D eigenvalue weighted by Gasteiger charge is 2.33. The molecule has 5 heteroatoms. The largest absolute Gasteiger partial charge is 0.343 e. The first-order valence-corrected chi connectivity index (χ1v) is 11.8. The van der Waals surface area contributed by atoms with Crippen LogP contribution in [0.1, 0.15) is 48.0 Å². The monoisotopic (exact) mass is 432 g/mol. The number of likely N-dealkylation sites (tertiary alicyclic amines) is 2. The summed E-state index contributed by atoms with van der Waals surface area (Å²) in [5.74, 6) is 0.576. The van der Waals surface area contributed by atoms with Gasteiger partial charge in [0.2, 0.25) is 11.8 Å². The summed E-state index contributed by atoms with van der Waals surface area (Å²) in [7, 11) is 0. The Hall–Kier alpha value is -2.95. The van der Waals surface area contributed by atoms with Gasteiger partial charge in [-0.3, -0.25) is 14.4 Å². The number of ketones is 1. The lowest BCUT2D eigenvalue weighted by Crippen LogP contribution is -2.47. The molecule has 2 amide bonds. The molecule has 2 aliphatic heterocycles. The molecule has 0 aliphatic carbocycles. The number of Topliss-reactive ketones (excluding diaryl/α,β-unsaturated/α-hetero) is 1. The van der Waals surface area contributed by atoms with Gasteiger partial charge in [-0.05, 0) is 37.7 Å². The second-order valence-electron chi connectivity index (χ2n) is 8.97. The third-order valence-electron chi connectivity index (χ3n) is 6.90. The minimum atomic E-state index is -0.00505. The van der Waals surface area contributed by atoms with E-state index in [1.54, 1.807) is 0 Å². The molecule has 168 valence electrons. The van der Waals surface area contributed by atoms with Gasteiger partial charge in [-0.1, -0.05) is 60.7 Å². The fourth-order valence-electron chi connectivity index (χ4n) is 4.89. The minimum Gasteiger partial charge on any atom is -0.343 e. The maximum absolute atomic E-state index is 13.0. The van der Waals surface area contributed by atoms with E-state index in [0.29, 0.717) is 32.6 Å². The van der Waals surface area contributed by atoms with Crippen molar-refractivity contribution < 1.29 is 14.4 Å². The Morgan fingerprint density at radius 2 is 1.22 bits per heavy atom. The van der Waals surface area contributed by atoms with Crippen LogP contribution in [0.4, 0.5) is 0 Å². The van der Waals surface area contributed by atoms with Crippen LogP contribution in [0.25, 0.3) is 0 Å². The second kappa shape index (κ2) is 10.6. The van der Waals surface area contributed by atoms with Crippen LogP contribution in [0.2, 0.25) is 0 Å². The molecule has 0 atom stereocenters. The Bertz CT molecular complexity index is 912. The second-order valence-corrected chi connectivity index (χ2v) is 8.97. The van der Waals surface area contributed by atoms with Gasteiger partial charge in [-0.15, -0.1) is 0 Å². The molecule has 2 saturated heterocycles. The van der Waals surface area contributed by atoms with Gasteiger partial charge >= 0.3 is 0 Å². The SMILES string of the molecule is O=C(c1ccccc1)C1CCN(C(=O)C2CCN(C(=O)CCc3ccccc3)CC2)CC1. The van der Waals surface area contributed by atoms with Crippen molar-refractivity contribution in [2.75, 3.05) is 26.2 Å². The highest BCUT2D eigenvalue weighted by atomic mass is 16.2. The maximum Gasteiger partial charge on any atom is 0.225 e. The van der Waals surface area contributed by atoms with Crippen LogP contribution < -0.4 is 0 Å². The predicted molar refractivity (Wildman–Crippen MR) is 124 cm³/mol. The number of carbonyl (C=O) groups is 3. The number of hydrogen-bond acceptors (Lipinski definition) is 3. The lowest BCUT2D eigenvalue weighted by Gasteiger charge is -2.37. The van der Waals surface area contributed by atoms with E-state index < -0.39 is 0 Å². The molecule has 0 N–H and O–H groups in total. The lowest BCUT2D eigenvalue weighted by molar-refractivity contribution is -0.141. The van der Waals surface area contributed by atoms with Crippen LogP contribution in [0.3, 0.4) is 0 Å². The highest BCUT2D eigenvalue weighted by molar-refractivity contribution is 5.98. The molecule has 0 saturated carbocycles. The molecule has 4 rings (SSSR count). The van der Waals surface area contributed by atoms with Crippen molar-refractivity contribution >= 4 is 17.6 Å². The third-order valence-corrected chi connectivity index (χ3v) is 6.90. The van der Waals surface area contributed by atoms with Crippen LogP contribution in [-0.2, 0) is 16.0 Å². The number of amides is 2. The van der Waals surface area contributed by atoms with Crippen molar-refractivity contribution in [2.24, 2.45) is 11.8 Å². The predicted octanol–water partition coefficient (Wildman–Crippen LogP) is 3.98. The number of carbonyl (C=O) groups excluding carboxylic acids is 3. The van der Waals surface area contributed by atoms with Gasteiger partial charge in [0.15, 0.2) is 5.78 Å². The topological polar surface area (TPSA) is 57.7 Å². The Kier molecular flexibility index (Phi) is 7.35. The van der Waals surface area contributed by atoms with Crippen LogP contribution in [0.15, 0.2) is 60.7 Å². The zero-order chi connectivity index (χ0) is 22.3. The number of aryl methyl sites for hydroxylation is 1. The van der Waals surface area contributed by atoms with E-state index >= 15 is 0 Å². The summed E-state index contributed by atoms with van der Waals surface area (Å²) >= 11 is 0. The Morgan fingerprint density at radius 3 is 1.84 bits per heavy atom. The average Bonchev–Trinajstić information content (AvgIpc) is 2.88. The first-order chi connectivity index (χ1) is 15.6. The van der Waals surface area contributed by atoms with Crippen molar-refractivity contribution in [3.05, 3.63) is 71.8 Å². The molecular formula is C27H32N2O3. The van der Waals surface area contributed by atoms with E-state index in [4.69, 9.17) is 0 Å². The summed E-state index contributed by atoms with van der Waals surface area (Å²) < 4.78 is 0. The first-order valence-electron chi connectivity index (χ1n) is 11.8. The first kappa shape index (κ1) is 22.3. The standard InChI is InChI=1S/C27H32N2O3/c30-25(12-11-21-7-3-1-4-8-21)28-17-15-24(16-18-28)27(32)29-19-13-23(14-20-29)26(31)22-9-5-2-6-10-22/h1-10,23-24H,11-20H2. The summed E-state index contributed by atoms with van der Waals surface area (Å²) in [6, 6.07) is 19.5. The molecule has 0 aromatic heterocycles. The van der Waals surface area contributed by atoms with Crippen molar-refractivity contribution in [1.82, 2.24) is 9.80 Å². The molecular weight excluding hydrogens is 400 g/mol. The smallest absolute Gasteiger partial charge is 0.225 e. The van der Waals surface area contributed by atoms with Crippen molar-refractivity contribution in [1.29, 1.82) is 0 Å². The van der Waals surface area contributed by atoms with E-state index in [2.05, 4.69) is 12.1 Å². The fourth-order valence-corrected chi connectivity index (χ4v) is 4.89. The molecule has 2 aromatic carbocycles. The molecule has 0 radical (unpaired) electrons. The van der Waals surface area contributed by atoms with Gasteiger partial charge in [-0.2, -0.15) is 0 Å². The van der Waals surface area contributed by atoms with Gasteiger partial charge in [0.25, 0.3) is 0 Å². The van der Waals surface area contributed by atoms with Gasteiger partial charge in [0.05, 0.1) is 0 Å². The van der Waals surface area contributed by atoms with Gasteiger partial charge in [-0.25, -0.2) is 0 Å². The number of hydrogen-bond donors (Lipinski definition) is 0. The number of nitrogens with zero attached hydrogens (tertiary/aromatic N) is 2. The van der Waals surface area contributed by atoms with Crippen molar-refractivity contribution in [3.63, 3.8) is 0 Å². The maximum atomic E-state index is 13.0. The van der Waals surface area contributed by atoms with Crippen LogP contribution >= 0.6 is 0 Å². The summed E-state index contributed by atoms with van der Waals surface area (Å²) in [5.41, 5.74) is 1.95. The number of rotatable bonds is 6. The van der Waals surface area contributed by atoms with Gasteiger partial charge in [0, 0.05) is 50.0 Å². The van der Waals surface area contributed by atoms with Crippen LogP contribution in [0, 0.1) is 11.8 Å². The average molecular weight is 433 g/mol. The molecule has 2 aliphatic rings. The Balaban J connectivity index is 1.20. The summed E-state index contributed by atoms with van der Waals surface area (Å²) in [6.45, 7) is 2.62.